The maximum absolute atomic E-state index is 12.8. The van der Waals surface area contributed by atoms with Crippen molar-refractivity contribution in [1.29, 1.82) is 0 Å². The van der Waals surface area contributed by atoms with E-state index in [1.54, 1.807) is 83.9 Å². The summed E-state index contributed by atoms with van der Waals surface area (Å²) < 4.78 is 23.4. The molecule has 0 radical (unpaired) electrons. The Balaban J connectivity index is 0.000000141. The normalized spacial score (nSPS) is 27.6. The standard InChI is InChI=1S/C23H21N5O5.C22H27N3O6.C21H25N3O6.C20H25N3O6/c29-12-19-22(31)23(32)21(30)18(33-19)7-6-14-8-16(9-15-10-24-26-20(14)15)28-11-17(25-27-28)13-4-2-1-3-5-13;26-11-17-20(28)21(29)19(27)16(31-17)7-6-12-8-13(9-14-10-23-25-18(12)14)22(30)24-15-4-2-1-3-5-15;25-10-16-19(27)20(28)18(26)15(30-16)6-5-11-7-12(8-13-9-22-24-17(11)13)21(29)23-14-3-1-2-4-14;1-3-6-23(2)20(28)12-7-11(16-13(8-12)9-21-22-16)4-5-14-17(25)19(27)18(26)15(10-24)29-14/h1-5,8-11,18-19,21-23,29-32H,12H2,(H,24,26);8-10,15-17,19-21,26-29H,1-5,11H2,(H,23,25)(H,24,30);7-9,14-16,18-20,25-28H,1-4,10H2,(H,22,24)(H,23,29);7-9,14-15,17-19,24-27H,3,6,10H2,1-2H3,(H,21,22)/t18-,19-,21-,22-,23-;16-,17-,19-,20-,21-;15-,16-,18-,19-,20-;14-,15-,17-,18-,19-/m1111/s1. The van der Waals surface area contributed by atoms with Crippen LogP contribution in [0.25, 0.3) is 60.6 Å². The summed E-state index contributed by atoms with van der Waals surface area (Å²) in [7, 11) is 1.73. The van der Waals surface area contributed by atoms with E-state index in [4.69, 9.17) is 18.9 Å². The Labute approximate surface area is 703 Å². The van der Waals surface area contributed by atoms with Crippen molar-refractivity contribution in [3.63, 3.8) is 0 Å². The maximum Gasteiger partial charge on any atom is 0.253 e. The lowest BCUT2D eigenvalue weighted by Gasteiger charge is -2.37. The number of aromatic nitrogens is 11. The molecule has 20 atom stereocenters. The molecule has 123 heavy (non-hydrogen) atoms. The number of aromatic amines is 4. The summed E-state index contributed by atoms with van der Waals surface area (Å²) in [5.74, 6) is 22.1. The fourth-order valence-electron chi connectivity index (χ4n) is 15.2. The Morgan fingerprint density at radius 1 is 0.439 bits per heavy atom. The van der Waals surface area contributed by atoms with Gasteiger partial charge in [-0.25, -0.2) is 4.68 Å². The molecule has 650 valence electrons. The molecule has 5 aromatic heterocycles. The maximum atomic E-state index is 12.8. The number of rotatable bonds is 13. The lowest BCUT2D eigenvalue weighted by Crippen LogP contribution is -2.58. The zero-order chi connectivity index (χ0) is 87.3. The van der Waals surface area contributed by atoms with Gasteiger partial charge in [-0.2, -0.15) is 20.4 Å². The van der Waals surface area contributed by atoms with Crippen molar-refractivity contribution in [2.45, 2.75) is 205 Å². The number of nitrogens with zero attached hydrogens (tertiary/aromatic N) is 8. The molecule has 4 aliphatic heterocycles. The van der Waals surface area contributed by atoms with Crippen molar-refractivity contribution in [2.24, 2.45) is 0 Å². The predicted octanol–water partition coefficient (Wildman–Crippen LogP) is -1.51. The van der Waals surface area contributed by atoms with Crippen LogP contribution in [0.15, 0.2) is 110 Å². The Kier molecular flexibility index (Phi) is 29.9. The third kappa shape index (κ3) is 20.8. The number of fused-ring (bicyclic) bond motifs is 4. The lowest BCUT2D eigenvalue weighted by atomic mass is 9.94. The summed E-state index contributed by atoms with van der Waals surface area (Å²) in [6.07, 6.45) is -7.41. The molecule has 16 rings (SSSR count). The van der Waals surface area contributed by atoms with Gasteiger partial charge in [-0.3, -0.25) is 34.8 Å². The van der Waals surface area contributed by atoms with Gasteiger partial charge in [-0.15, -0.1) is 5.10 Å². The summed E-state index contributed by atoms with van der Waals surface area (Å²) in [6.45, 7) is 0.519. The third-order valence-electron chi connectivity index (χ3n) is 22.3. The lowest BCUT2D eigenvalue weighted by molar-refractivity contribution is -0.214. The molecular weight excluding hydrogens is 1600 g/mol. The Morgan fingerprint density at radius 2 is 0.772 bits per heavy atom. The first-order valence-corrected chi connectivity index (χ1v) is 40.4. The third-order valence-corrected chi connectivity index (χ3v) is 22.3. The number of H-pyrrole nitrogens is 4. The van der Waals surface area contributed by atoms with Crippen LogP contribution in [0.5, 0.6) is 0 Å². The van der Waals surface area contributed by atoms with E-state index < -0.39 is 149 Å². The second-order valence-electron chi connectivity index (χ2n) is 30.9. The fourth-order valence-corrected chi connectivity index (χ4v) is 15.2. The highest BCUT2D eigenvalue weighted by Crippen LogP contribution is 2.31. The molecule has 0 unspecified atom stereocenters. The van der Waals surface area contributed by atoms with Gasteiger partial charge in [0.15, 0.2) is 0 Å². The van der Waals surface area contributed by atoms with E-state index >= 15 is 0 Å². The van der Waals surface area contributed by atoms with Crippen molar-refractivity contribution >= 4 is 61.3 Å². The minimum Gasteiger partial charge on any atom is -0.394 e. The van der Waals surface area contributed by atoms with Crippen LogP contribution in [0.1, 0.15) is 124 Å². The SMILES string of the molecule is CCCN(C)C(=O)c1cc(C#C[C@H]2O[C@H](CO)[C@@H](O)[C@H](O)[C@@H]2O)c2[nH]ncc2c1.O=C(NC1CCCC1)c1cc(C#C[C@H]2O[C@H](CO)[C@@H](O)[C@H](O)[C@@H]2O)c2[nH]ncc2c1.O=C(NC1CCCCC1)c1cc(C#C[C@H]2O[C@H](CO)[C@@H](O)[C@H](O)[C@@H]2O)c2[nH]ncc2c1.OC[C@H]1O[C@H](C#Cc2cc(-n3cc(-c4ccccc4)nn3)cc3cn[nH]c23)[C@@H](O)[C@@H](O)[C@@H]1O. The van der Waals surface area contributed by atoms with Gasteiger partial charge < -0.3 is 116 Å². The Hall–Kier alpha value is -11.0. The number of hydrogen-bond donors (Lipinski definition) is 22. The highest BCUT2D eigenvalue weighted by Gasteiger charge is 2.46. The number of nitrogens with one attached hydrogen (secondary N) is 6. The van der Waals surface area contributed by atoms with Gasteiger partial charge in [0.05, 0.1) is 107 Å². The first-order valence-electron chi connectivity index (χ1n) is 40.4. The van der Waals surface area contributed by atoms with Gasteiger partial charge >= 0.3 is 0 Å². The molecule has 22 N–H and O–H groups in total. The molecule has 10 aromatic rings. The molecule has 0 bridgehead atoms. The van der Waals surface area contributed by atoms with E-state index in [-0.39, 0.29) is 29.8 Å². The van der Waals surface area contributed by atoms with E-state index in [2.05, 4.69) is 109 Å². The van der Waals surface area contributed by atoms with E-state index in [9.17, 15) is 96.1 Å². The first-order chi connectivity index (χ1) is 59.4. The smallest absolute Gasteiger partial charge is 0.253 e. The fraction of sp³-hybridized carbons (Fsp3) is 0.453. The van der Waals surface area contributed by atoms with E-state index in [1.165, 1.54) is 6.42 Å². The average molecular weight is 1700 g/mol. The molecule has 6 fully saturated rings. The molecular formula is C86H98N14O23. The van der Waals surface area contributed by atoms with Gasteiger partial charge in [0.2, 0.25) is 0 Å². The molecule has 4 saturated heterocycles. The van der Waals surface area contributed by atoms with Crippen molar-refractivity contribution in [1.82, 2.24) is 71.3 Å². The zero-order valence-electron chi connectivity index (χ0n) is 66.8. The molecule has 6 aliphatic rings. The first kappa shape index (κ1) is 89.7. The number of ether oxygens (including phenoxy) is 4. The topological polar surface area (TPSA) is 585 Å². The molecule has 37 nitrogen and oxygen atoms in total. The average Bonchev–Trinajstić information content (AvgIpc) is 1.71. The van der Waals surface area contributed by atoms with Crippen LogP contribution in [0.2, 0.25) is 0 Å². The molecule has 2 saturated carbocycles. The molecule has 0 spiro atoms. The number of benzene rings is 5. The summed E-state index contributed by atoms with van der Waals surface area (Å²) >= 11 is 0. The molecule has 9 heterocycles. The van der Waals surface area contributed by atoms with Crippen molar-refractivity contribution in [3.8, 4) is 64.3 Å². The van der Waals surface area contributed by atoms with Crippen LogP contribution in [-0.4, -0.2) is 334 Å². The predicted molar refractivity (Wildman–Crippen MR) is 439 cm³/mol. The van der Waals surface area contributed by atoms with Crippen molar-refractivity contribution < 1.29 is 115 Å². The van der Waals surface area contributed by atoms with E-state index in [0.29, 0.717) is 84.0 Å². The van der Waals surface area contributed by atoms with E-state index in [0.717, 1.165) is 79.8 Å². The van der Waals surface area contributed by atoms with Crippen molar-refractivity contribution in [2.75, 3.05) is 40.0 Å². The number of carbonyl (C=O) groups is 3. The minimum absolute atomic E-state index is 0.147. The number of aliphatic hydroxyl groups is 16. The minimum atomic E-state index is -1.50. The largest absolute Gasteiger partial charge is 0.394 e. The summed E-state index contributed by atoms with van der Waals surface area (Å²) in [5, 5.41) is 203. The van der Waals surface area contributed by atoms with Crippen LogP contribution in [0.3, 0.4) is 0 Å². The summed E-state index contributed by atoms with van der Waals surface area (Å²) in [6, 6.07) is 23.9. The number of carbonyl (C=O) groups excluding carboxylic acids is 3. The molecule has 3 amide bonds. The van der Waals surface area contributed by atoms with E-state index in [1.807, 2.05) is 49.5 Å². The second-order valence-corrected chi connectivity index (χ2v) is 30.9. The van der Waals surface area contributed by atoms with Crippen LogP contribution in [0, 0.1) is 47.4 Å². The van der Waals surface area contributed by atoms with Gasteiger partial charge in [0, 0.05) is 69.5 Å². The Morgan fingerprint density at radius 3 is 1.13 bits per heavy atom. The van der Waals surface area contributed by atoms with Gasteiger partial charge in [-0.05, 0) is 80.6 Å². The Bertz CT molecular complexity index is 5560. The number of aliphatic hydroxyl groups excluding tert-OH is 16. The highest BCUT2D eigenvalue weighted by atomic mass is 16.6. The van der Waals surface area contributed by atoms with Crippen LogP contribution >= 0.6 is 0 Å². The van der Waals surface area contributed by atoms with Crippen molar-refractivity contribution in [3.05, 3.63) is 149 Å². The molecule has 2 aliphatic carbocycles. The van der Waals surface area contributed by atoms with Gasteiger partial charge in [0.25, 0.3) is 17.7 Å². The summed E-state index contributed by atoms with van der Waals surface area (Å²) in [5.41, 5.74) is 8.30. The van der Waals surface area contributed by atoms with Crippen LogP contribution in [-0.2, 0) is 18.9 Å². The van der Waals surface area contributed by atoms with Gasteiger partial charge in [-0.1, -0.05) is 122 Å². The highest BCUT2D eigenvalue weighted by molar-refractivity contribution is 6.02. The number of amides is 3. The summed E-state index contributed by atoms with van der Waals surface area (Å²) in [4.78, 5) is 39.8. The van der Waals surface area contributed by atoms with Crippen LogP contribution < -0.4 is 10.6 Å². The monoisotopic (exact) mass is 1690 g/mol. The molecule has 5 aromatic carbocycles. The zero-order valence-corrected chi connectivity index (χ0v) is 66.8. The second kappa shape index (κ2) is 41.0. The number of hydrogen-bond acceptors (Lipinski definition) is 29. The quantitative estimate of drug-likeness (QED) is 0.0584. The molecule has 37 heteroatoms. The van der Waals surface area contributed by atoms with Gasteiger partial charge in [0.1, 0.15) is 128 Å². The van der Waals surface area contributed by atoms with Crippen LogP contribution in [0.4, 0.5) is 0 Å².